The number of hydrogen-bond donors (Lipinski definition) is 1. The second-order valence-electron chi connectivity index (χ2n) is 6.19. The van der Waals surface area contributed by atoms with Crippen LogP contribution in [-0.4, -0.2) is 74.9 Å². The van der Waals surface area contributed by atoms with Crippen LogP contribution in [0.15, 0.2) is 24.3 Å². The molecular weight excluding hydrogens is 294 g/mol. The number of ether oxygens (including phenoxy) is 2. The SMILES string of the molecule is COC1CN(CC(=O)Nc2ccc(CN3CCOCC3)cc2)C1. The fourth-order valence-electron chi connectivity index (χ4n) is 2.92. The number of amides is 1. The van der Waals surface area contributed by atoms with Crippen LogP contribution in [0.1, 0.15) is 5.56 Å². The Labute approximate surface area is 137 Å². The Morgan fingerprint density at radius 2 is 1.91 bits per heavy atom. The van der Waals surface area contributed by atoms with Crippen molar-refractivity contribution in [3.8, 4) is 0 Å². The highest BCUT2D eigenvalue weighted by Crippen LogP contribution is 2.14. The van der Waals surface area contributed by atoms with E-state index in [1.807, 2.05) is 12.1 Å². The lowest BCUT2D eigenvalue weighted by molar-refractivity contribution is -0.120. The molecule has 1 N–H and O–H groups in total. The summed E-state index contributed by atoms with van der Waals surface area (Å²) in [6.45, 7) is 6.63. The first-order valence-electron chi connectivity index (χ1n) is 8.17. The van der Waals surface area contributed by atoms with Gasteiger partial charge in [0, 0.05) is 45.5 Å². The Morgan fingerprint density at radius 3 is 2.57 bits per heavy atom. The van der Waals surface area contributed by atoms with E-state index < -0.39 is 0 Å². The minimum Gasteiger partial charge on any atom is -0.379 e. The predicted octanol–water partition coefficient (Wildman–Crippen LogP) is 0.788. The Bertz CT molecular complexity index is 508. The number of nitrogens with one attached hydrogen (secondary N) is 1. The monoisotopic (exact) mass is 319 g/mol. The molecule has 23 heavy (non-hydrogen) atoms. The van der Waals surface area contributed by atoms with Gasteiger partial charge in [0.2, 0.25) is 5.91 Å². The van der Waals surface area contributed by atoms with Crippen LogP contribution in [0.3, 0.4) is 0 Å². The average molecular weight is 319 g/mol. The number of benzene rings is 1. The molecular formula is C17H25N3O3. The van der Waals surface area contributed by atoms with Crippen molar-refractivity contribution >= 4 is 11.6 Å². The van der Waals surface area contributed by atoms with E-state index in [2.05, 4.69) is 27.2 Å². The molecule has 0 atom stereocenters. The van der Waals surface area contributed by atoms with Gasteiger partial charge in [0.05, 0.1) is 25.9 Å². The highest BCUT2D eigenvalue weighted by molar-refractivity contribution is 5.92. The summed E-state index contributed by atoms with van der Waals surface area (Å²) >= 11 is 0. The van der Waals surface area contributed by atoms with Crippen molar-refractivity contribution in [2.75, 3.05) is 58.4 Å². The Balaban J connectivity index is 1.42. The molecule has 0 radical (unpaired) electrons. The second kappa shape index (κ2) is 7.88. The lowest BCUT2D eigenvalue weighted by Gasteiger charge is -2.37. The van der Waals surface area contributed by atoms with E-state index in [0.29, 0.717) is 6.54 Å². The summed E-state index contributed by atoms with van der Waals surface area (Å²) in [7, 11) is 1.71. The van der Waals surface area contributed by atoms with Crippen molar-refractivity contribution in [1.82, 2.24) is 9.80 Å². The fraction of sp³-hybridized carbons (Fsp3) is 0.588. The first kappa shape index (κ1) is 16.4. The number of likely N-dealkylation sites (tertiary alicyclic amines) is 1. The first-order valence-corrected chi connectivity index (χ1v) is 8.17. The molecule has 1 amide bonds. The minimum atomic E-state index is 0.0282. The molecule has 1 aromatic carbocycles. The Kier molecular flexibility index (Phi) is 5.61. The van der Waals surface area contributed by atoms with Crippen LogP contribution in [0, 0.1) is 0 Å². The van der Waals surface area contributed by atoms with Crippen LogP contribution in [0.4, 0.5) is 5.69 Å². The number of hydrogen-bond acceptors (Lipinski definition) is 5. The number of carbonyl (C=O) groups is 1. The minimum absolute atomic E-state index is 0.0282. The highest BCUT2D eigenvalue weighted by atomic mass is 16.5. The van der Waals surface area contributed by atoms with Gasteiger partial charge in [0.25, 0.3) is 0 Å². The molecule has 0 aliphatic carbocycles. The maximum Gasteiger partial charge on any atom is 0.238 e. The van der Waals surface area contributed by atoms with Gasteiger partial charge in [-0.05, 0) is 17.7 Å². The molecule has 3 rings (SSSR count). The van der Waals surface area contributed by atoms with Crippen LogP contribution in [-0.2, 0) is 20.8 Å². The first-order chi connectivity index (χ1) is 11.2. The van der Waals surface area contributed by atoms with Gasteiger partial charge in [0.15, 0.2) is 0 Å². The van der Waals surface area contributed by atoms with Gasteiger partial charge in [0.1, 0.15) is 0 Å². The summed E-state index contributed by atoms with van der Waals surface area (Å²) < 4.78 is 10.6. The van der Waals surface area contributed by atoms with Crippen LogP contribution in [0.5, 0.6) is 0 Å². The zero-order chi connectivity index (χ0) is 16.1. The van der Waals surface area contributed by atoms with E-state index in [1.54, 1.807) is 7.11 Å². The third-order valence-electron chi connectivity index (χ3n) is 4.37. The number of morpholine rings is 1. The highest BCUT2D eigenvalue weighted by Gasteiger charge is 2.27. The van der Waals surface area contributed by atoms with Crippen LogP contribution in [0.25, 0.3) is 0 Å². The third-order valence-corrected chi connectivity index (χ3v) is 4.37. The fourth-order valence-corrected chi connectivity index (χ4v) is 2.92. The number of anilines is 1. The largest absolute Gasteiger partial charge is 0.379 e. The summed E-state index contributed by atoms with van der Waals surface area (Å²) in [6, 6.07) is 8.11. The van der Waals surface area contributed by atoms with Crippen molar-refractivity contribution in [2.45, 2.75) is 12.6 Å². The van der Waals surface area contributed by atoms with E-state index in [4.69, 9.17) is 9.47 Å². The number of rotatable bonds is 6. The maximum absolute atomic E-state index is 12.0. The second-order valence-corrected chi connectivity index (χ2v) is 6.19. The van der Waals surface area contributed by atoms with E-state index in [9.17, 15) is 4.79 Å². The topological polar surface area (TPSA) is 54.0 Å². The molecule has 0 aromatic heterocycles. The molecule has 2 saturated heterocycles. The van der Waals surface area contributed by atoms with E-state index in [-0.39, 0.29) is 12.0 Å². The lowest BCUT2D eigenvalue weighted by Crippen LogP contribution is -2.53. The molecule has 2 fully saturated rings. The van der Waals surface area contributed by atoms with Crippen molar-refractivity contribution in [3.05, 3.63) is 29.8 Å². The summed E-state index contributed by atoms with van der Waals surface area (Å²) in [6.07, 6.45) is 0.280. The van der Waals surface area contributed by atoms with Crippen molar-refractivity contribution in [1.29, 1.82) is 0 Å². The molecule has 6 nitrogen and oxygen atoms in total. The Hall–Kier alpha value is -1.47. The lowest BCUT2D eigenvalue weighted by atomic mass is 10.1. The maximum atomic E-state index is 12.0. The molecule has 0 unspecified atom stereocenters. The molecule has 6 heteroatoms. The molecule has 0 saturated carbocycles. The quantitative estimate of drug-likeness (QED) is 0.840. The van der Waals surface area contributed by atoms with Crippen molar-refractivity contribution < 1.29 is 14.3 Å². The van der Waals surface area contributed by atoms with Crippen LogP contribution >= 0.6 is 0 Å². The molecule has 0 bridgehead atoms. The summed E-state index contributed by atoms with van der Waals surface area (Å²) in [5.41, 5.74) is 2.11. The molecule has 126 valence electrons. The number of nitrogens with zero attached hydrogens (tertiary/aromatic N) is 2. The summed E-state index contributed by atoms with van der Waals surface area (Å²) in [5.74, 6) is 0.0282. The normalized spacial score (nSPS) is 20.2. The van der Waals surface area contributed by atoms with Crippen molar-refractivity contribution in [3.63, 3.8) is 0 Å². The van der Waals surface area contributed by atoms with E-state index in [0.717, 1.165) is 51.6 Å². The van der Waals surface area contributed by atoms with Gasteiger partial charge < -0.3 is 14.8 Å². The molecule has 2 heterocycles. The van der Waals surface area contributed by atoms with Gasteiger partial charge >= 0.3 is 0 Å². The van der Waals surface area contributed by atoms with Crippen LogP contribution in [0.2, 0.25) is 0 Å². The predicted molar refractivity (Wildman–Crippen MR) is 88.4 cm³/mol. The standard InChI is InChI=1S/C17H25N3O3/c1-22-16-11-20(12-16)13-17(21)18-15-4-2-14(3-5-15)10-19-6-8-23-9-7-19/h2-5,16H,6-13H2,1H3,(H,18,21). The van der Waals surface area contributed by atoms with Gasteiger partial charge in [-0.1, -0.05) is 12.1 Å². The summed E-state index contributed by atoms with van der Waals surface area (Å²) in [4.78, 5) is 16.5. The smallest absolute Gasteiger partial charge is 0.238 e. The zero-order valence-electron chi connectivity index (χ0n) is 13.7. The number of methoxy groups -OCH3 is 1. The number of carbonyl (C=O) groups excluding carboxylic acids is 1. The molecule has 0 spiro atoms. The van der Waals surface area contributed by atoms with E-state index >= 15 is 0 Å². The van der Waals surface area contributed by atoms with Gasteiger partial charge in [-0.15, -0.1) is 0 Å². The summed E-state index contributed by atoms with van der Waals surface area (Å²) in [5, 5.41) is 2.95. The molecule has 1 aromatic rings. The molecule has 2 aliphatic rings. The molecule has 2 aliphatic heterocycles. The van der Waals surface area contributed by atoms with Gasteiger partial charge in [-0.2, -0.15) is 0 Å². The zero-order valence-corrected chi connectivity index (χ0v) is 13.7. The third kappa shape index (κ3) is 4.75. The van der Waals surface area contributed by atoms with E-state index in [1.165, 1.54) is 5.56 Å². The van der Waals surface area contributed by atoms with Crippen molar-refractivity contribution in [2.24, 2.45) is 0 Å². The average Bonchev–Trinajstić information content (AvgIpc) is 2.53. The van der Waals surface area contributed by atoms with Gasteiger partial charge in [-0.3, -0.25) is 14.6 Å². The van der Waals surface area contributed by atoms with Crippen LogP contribution < -0.4 is 5.32 Å². The van der Waals surface area contributed by atoms with Gasteiger partial charge in [-0.25, -0.2) is 0 Å². The Morgan fingerprint density at radius 1 is 1.22 bits per heavy atom.